The van der Waals surface area contributed by atoms with E-state index in [-0.39, 0.29) is 5.75 Å². The van der Waals surface area contributed by atoms with Gasteiger partial charge < -0.3 is 5.11 Å². The number of benzene rings is 2. The molecule has 2 N–H and O–H groups in total. The molecule has 0 heterocycles. The summed E-state index contributed by atoms with van der Waals surface area (Å²) in [6.45, 7) is 4.23. The summed E-state index contributed by atoms with van der Waals surface area (Å²) >= 11 is 1.28. The highest BCUT2D eigenvalue weighted by Crippen LogP contribution is 2.49. The van der Waals surface area contributed by atoms with Crippen molar-refractivity contribution in [1.82, 2.24) is 5.32 Å². The summed E-state index contributed by atoms with van der Waals surface area (Å²) in [4.78, 5) is 11.7. The molecule has 2 aromatic carbocycles. The number of carbonyl (C=O) groups is 1. The van der Waals surface area contributed by atoms with E-state index in [4.69, 9.17) is 0 Å². The van der Waals surface area contributed by atoms with Crippen LogP contribution in [-0.4, -0.2) is 35.6 Å². The molecule has 0 aromatic heterocycles. The van der Waals surface area contributed by atoms with Gasteiger partial charge in [0, 0.05) is 5.75 Å². The van der Waals surface area contributed by atoms with Crippen molar-refractivity contribution in [3.8, 4) is 0 Å². The van der Waals surface area contributed by atoms with E-state index in [1.54, 1.807) is 12.2 Å². The molecular weight excluding hydrogens is 435 g/mol. The van der Waals surface area contributed by atoms with Crippen LogP contribution < -0.4 is 5.32 Å². The van der Waals surface area contributed by atoms with E-state index < -0.39 is 29.5 Å². The van der Waals surface area contributed by atoms with Gasteiger partial charge in [-0.3, -0.25) is 10.1 Å². The average Bonchev–Trinajstić information content (AvgIpc) is 2.78. The zero-order valence-electron chi connectivity index (χ0n) is 17.7. The number of alkyl halides is 3. The Balaban J connectivity index is 2.59. The molecule has 1 unspecified atom stereocenters. The fourth-order valence-electron chi connectivity index (χ4n) is 3.35. The molecule has 0 amide bonds. The van der Waals surface area contributed by atoms with Crippen molar-refractivity contribution in [2.75, 3.05) is 12.3 Å². The highest BCUT2D eigenvalue weighted by molar-refractivity contribution is 8.00. The van der Waals surface area contributed by atoms with Gasteiger partial charge in [0.25, 0.3) is 0 Å². The molecule has 0 aliphatic rings. The minimum absolute atomic E-state index is 0.0888. The van der Waals surface area contributed by atoms with E-state index in [1.165, 1.54) is 11.8 Å². The molecule has 1 atom stereocenters. The first-order chi connectivity index (χ1) is 15.2. The maximum Gasteiger partial charge on any atom is 0.401 e. The molecular formula is C25H26F3NO2S. The Labute approximate surface area is 190 Å². The molecule has 0 saturated heterocycles. The van der Waals surface area contributed by atoms with Crippen LogP contribution in [0.5, 0.6) is 0 Å². The fraction of sp³-hybridized carbons (Fsp3) is 0.240. The Morgan fingerprint density at radius 3 is 2.03 bits per heavy atom. The number of aliphatic carboxylic acids is 1. The molecule has 0 radical (unpaired) electrons. The Kier molecular flexibility index (Phi) is 9.35. The van der Waals surface area contributed by atoms with E-state index >= 15 is 0 Å². The smallest absolute Gasteiger partial charge is 0.401 e. The van der Waals surface area contributed by atoms with Crippen LogP contribution in [0.3, 0.4) is 0 Å². The first-order valence-corrected chi connectivity index (χ1v) is 11.0. The van der Waals surface area contributed by atoms with Gasteiger partial charge in [-0.1, -0.05) is 91.5 Å². The third-order valence-electron chi connectivity index (χ3n) is 4.80. The number of hydrogen-bond acceptors (Lipinski definition) is 3. The van der Waals surface area contributed by atoms with Gasteiger partial charge in [0.1, 0.15) is 6.04 Å². The molecule has 170 valence electrons. The standard InChI is InChI=1S/C25H26F3NO2S/c1-3-5-12-19(4-2)25(20-13-8-6-9-14-20,21-15-10-7-11-16-21)32-17-22(23(30)31)29-18-24(26,27)28/h3-16,22,29H,1,17-18H2,2H3,(H,30,31)/b12-5-,19-4+. The number of allylic oxidation sites excluding steroid dienone is 4. The van der Waals surface area contributed by atoms with Crippen molar-refractivity contribution >= 4 is 17.7 Å². The molecule has 32 heavy (non-hydrogen) atoms. The van der Waals surface area contributed by atoms with Crippen LogP contribution >= 0.6 is 11.8 Å². The Hall–Kier alpha value is -2.77. The second kappa shape index (κ2) is 11.7. The van der Waals surface area contributed by atoms with Crippen molar-refractivity contribution in [2.24, 2.45) is 0 Å². The molecule has 0 aliphatic heterocycles. The Morgan fingerprint density at radius 2 is 1.62 bits per heavy atom. The predicted molar refractivity (Wildman–Crippen MR) is 125 cm³/mol. The van der Waals surface area contributed by atoms with Gasteiger partial charge in [0.15, 0.2) is 0 Å². The van der Waals surface area contributed by atoms with Gasteiger partial charge in [0.2, 0.25) is 0 Å². The highest BCUT2D eigenvalue weighted by Gasteiger charge is 2.39. The van der Waals surface area contributed by atoms with Gasteiger partial charge in [0.05, 0.1) is 11.3 Å². The molecule has 0 fully saturated rings. The van der Waals surface area contributed by atoms with E-state index in [9.17, 15) is 23.1 Å². The quantitative estimate of drug-likeness (QED) is 0.406. The van der Waals surface area contributed by atoms with Gasteiger partial charge in [-0.25, -0.2) is 0 Å². The lowest BCUT2D eigenvalue weighted by Crippen LogP contribution is -2.44. The first-order valence-electron chi connectivity index (χ1n) is 9.98. The monoisotopic (exact) mass is 461 g/mol. The molecule has 0 aliphatic carbocycles. The van der Waals surface area contributed by atoms with Gasteiger partial charge in [-0.2, -0.15) is 13.2 Å². The molecule has 3 nitrogen and oxygen atoms in total. The summed E-state index contributed by atoms with van der Waals surface area (Å²) in [6.07, 6.45) is 2.73. The van der Waals surface area contributed by atoms with E-state index in [0.717, 1.165) is 16.7 Å². The van der Waals surface area contributed by atoms with Crippen LogP contribution in [0.4, 0.5) is 13.2 Å². The Bertz CT molecular complexity index is 901. The molecule has 0 spiro atoms. The molecule has 2 aromatic rings. The fourth-order valence-corrected chi connectivity index (χ4v) is 4.98. The SMILES string of the molecule is C=C/C=C\C(=C/C)C(SCC(NCC(F)(F)F)C(=O)O)(c1ccccc1)c1ccccc1. The van der Waals surface area contributed by atoms with Crippen molar-refractivity contribution in [1.29, 1.82) is 0 Å². The normalized spacial score (nSPS) is 13.8. The minimum Gasteiger partial charge on any atom is -0.480 e. The van der Waals surface area contributed by atoms with Crippen LogP contribution in [-0.2, 0) is 9.54 Å². The Morgan fingerprint density at radius 1 is 1.09 bits per heavy atom. The number of nitrogens with one attached hydrogen (secondary N) is 1. The van der Waals surface area contributed by atoms with Crippen molar-refractivity contribution in [3.05, 3.63) is 108 Å². The second-order valence-electron chi connectivity index (χ2n) is 6.95. The van der Waals surface area contributed by atoms with Gasteiger partial charge >= 0.3 is 12.1 Å². The number of hydrogen-bond donors (Lipinski definition) is 2. The summed E-state index contributed by atoms with van der Waals surface area (Å²) in [5.41, 5.74) is 2.63. The predicted octanol–water partition coefficient (Wildman–Crippen LogP) is 5.96. The zero-order chi connectivity index (χ0) is 23.6. The van der Waals surface area contributed by atoms with Crippen LogP contribution in [0, 0.1) is 0 Å². The maximum absolute atomic E-state index is 12.7. The van der Waals surface area contributed by atoms with Crippen molar-refractivity contribution in [3.63, 3.8) is 0 Å². The zero-order valence-corrected chi connectivity index (χ0v) is 18.5. The molecule has 0 saturated carbocycles. The maximum atomic E-state index is 12.7. The number of carboxylic acid groups (broad SMARTS) is 1. The summed E-state index contributed by atoms with van der Waals surface area (Å²) in [5.74, 6) is -1.42. The third-order valence-corrected chi connectivity index (χ3v) is 6.44. The van der Waals surface area contributed by atoms with Crippen molar-refractivity contribution in [2.45, 2.75) is 23.9 Å². The number of rotatable bonds is 11. The van der Waals surface area contributed by atoms with E-state index in [0.29, 0.717) is 0 Å². The lowest BCUT2D eigenvalue weighted by Gasteiger charge is -2.37. The largest absolute Gasteiger partial charge is 0.480 e. The summed E-state index contributed by atoms with van der Waals surface area (Å²) in [7, 11) is 0. The van der Waals surface area contributed by atoms with E-state index in [2.05, 4.69) is 11.9 Å². The van der Waals surface area contributed by atoms with Crippen molar-refractivity contribution < 1.29 is 23.1 Å². The number of carboxylic acids is 1. The number of halogens is 3. The van der Waals surface area contributed by atoms with Gasteiger partial charge in [-0.15, -0.1) is 11.8 Å². The highest BCUT2D eigenvalue weighted by atomic mass is 32.2. The van der Waals surface area contributed by atoms with E-state index in [1.807, 2.05) is 79.7 Å². The molecule has 7 heteroatoms. The summed E-state index contributed by atoms with van der Waals surface area (Å²) in [5, 5.41) is 11.7. The lowest BCUT2D eigenvalue weighted by atomic mass is 9.83. The van der Waals surface area contributed by atoms with Crippen LogP contribution in [0.15, 0.2) is 97.1 Å². The second-order valence-corrected chi connectivity index (χ2v) is 8.18. The average molecular weight is 462 g/mol. The number of thioether (sulfide) groups is 1. The van der Waals surface area contributed by atoms with Gasteiger partial charge in [-0.05, 0) is 23.6 Å². The van der Waals surface area contributed by atoms with Crippen LogP contribution in [0.2, 0.25) is 0 Å². The minimum atomic E-state index is -4.50. The molecule has 2 rings (SSSR count). The molecule has 0 bridgehead atoms. The summed E-state index contributed by atoms with van der Waals surface area (Å²) < 4.78 is 37.3. The van der Waals surface area contributed by atoms with Crippen LogP contribution in [0.25, 0.3) is 0 Å². The topological polar surface area (TPSA) is 49.3 Å². The third kappa shape index (κ3) is 6.61. The lowest BCUT2D eigenvalue weighted by molar-refractivity contribution is -0.142. The van der Waals surface area contributed by atoms with Crippen LogP contribution in [0.1, 0.15) is 18.1 Å². The first kappa shape index (κ1) is 25.5. The summed E-state index contributed by atoms with van der Waals surface area (Å²) in [6, 6.07) is 17.7.